The highest BCUT2D eigenvalue weighted by atomic mass is 14.6. The van der Waals surface area contributed by atoms with Gasteiger partial charge in [0.05, 0.1) is 0 Å². The molecule has 0 amide bonds. The molecule has 0 saturated heterocycles. The summed E-state index contributed by atoms with van der Waals surface area (Å²) in [5.74, 6) is 0.427. The zero-order valence-electron chi connectivity index (χ0n) is 10.3. The van der Waals surface area contributed by atoms with E-state index in [2.05, 4.69) is 19.9 Å². The van der Waals surface area contributed by atoms with Gasteiger partial charge in [-0.1, -0.05) is 44.2 Å². The molecule has 0 aromatic heterocycles. The lowest BCUT2D eigenvalue weighted by Crippen LogP contribution is -1.99. The summed E-state index contributed by atoms with van der Waals surface area (Å²) in [7, 11) is 0. The molecule has 17 heavy (non-hydrogen) atoms. The van der Waals surface area contributed by atoms with E-state index in [1.165, 1.54) is 5.56 Å². The molecule has 0 aliphatic rings. The third kappa shape index (κ3) is 2.26. The van der Waals surface area contributed by atoms with E-state index in [0.29, 0.717) is 5.92 Å². The molecule has 0 saturated carbocycles. The number of nitrogens with two attached hydrogens (primary N) is 2. The van der Waals surface area contributed by atoms with Gasteiger partial charge in [0.1, 0.15) is 0 Å². The predicted molar refractivity (Wildman–Crippen MR) is 74.8 cm³/mol. The molecule has 0 unspecified atom stereocenters. The van der Waals surface area contributed by atoms with E-state index in [1.54, 1.807) is 0 Å². The Bertz CT molecular complexity index is 530. The molecule has 0 atom stereocenters. The van der Waals surface area contributed by atoms with Gasteiger partial charge in [0.25, 0.3) is 0 Å². The fraction of sp³-hybridized carbons (Fsp3) is 0.200. The molecule has 0 spiro atoms. The molecule has 88 valence electrons. The summed E-state index contributed by atoms with van der Waals surface area (Å²) in [5, 5.41) is 0. The van der Waals surface area contributed by atoms with E-state index in [0.717, 1.165) is 22.5 Å². The molecule has 2 aromatic rings. The van der Waals surface area contributed by atoms with Gasteiger partial charge in [0, 0.05) is 16.9 Å². The Morgan fingerprint density at radius 2 is 1.65 bits per heavy atom. The molecule has 4 N–H and O–H groups in total. The van der Waals surface area contributed by atoms with E-state index in [4.69, 9.17) is 11.5 Å². The maximum Gasteiger partial charge on any atom is 0.0428 e. The minimum absolute atomic E-state index is 0.427. The van der Waals surface area contributed by atoms with Crippen LogP contribution in [0.25, 0.3) is 11.1 Å². The Balaban J connectivity index is 2.57. The minimum atomic E-state index is 0.427. The second kappa shape index (κ2) is 4.50. The van der Waals surface area contributed by atoms with Gasteiger partial charge in [-0.05, 0) is 29.2 Å². The Hall–Kier alpha value is -1.96. The second-order valence-electron chi connectivity index (χ2n) is 4.59. The zero-order chi connectivity index (χ0) is 12.4. The summed E-state index contributed by atoms with van der Waals surface area (Å²) in [6.45, 7) is 4.30. The normalized spacial score (nSPS) is 10.8. The maximum absolute atomic E-state index is 6.23. The highest BCUT2D eigenvalue weighted by Crippen LogP contribution is 2.32. The van der Waals surface area contributed by atoms with Crippen molar-refractivity contribution >= 4 is 11.4 Å². The fourth-order valence-corrected chi connectivity index (χ4v) is 2.04. The Morgan fingerprint density at radius 1 is 0.941 bits per heavy atom. The number of rotatable bonds is 2. The van der Waals surface area contributed by atoms with Crippen molar-refractivity contribution in [1.29, 1.82) is 0 Å². The molecule has 0 bridgehead atoms. The monoisotopic (exact) mass is 226 g/mol. The molecule has 0 aliphatic carbocycles. The molecular formula is C15H18N2. The molecule has 2 aromatic carbocycles. The highest BCUT2D eigenvalue weighted by molar-refractivity contribution is 5.80. The third-order valence-electron chi connectivity index (χ3n) is 2.96. The topological polar surface area (TPSA) is 52.0 Å². The average molecular weight is 226 g/mol. The Morgan fingerprint density at radius 3 is 2.29 bits per heavy atom. The second-order valence-corrected chi connectivity index (χ2v) is 4.59. The first-order chi connectivity index (χ1) is 8.09. The Labute approximate surface area is 102 Å². The number of hydrogen-bond donors (Lipinski definition) is 2. The lowest BCUT2D eigenvalue weighted by Gasteiger charge is -2.14. The van der Waals surface area contributed by atoms with Crippen LogP contribution < -0.4 is 11.5 Å². The fourth-order valence-electron chi connectivity index (χ4n) is 2.04. The van der Waals surface area contributed by atoms with Crippen molar-refractivity contribution in [2.45, 2.75) is 19.8 Å². The number of para-hydroxylation sites is 1. The minimum Gasteiger partial charge on any atom is -0.399 e. The van der Waals surface area contributed by atoms with Crippen molar-refractivity contribution in [1.82, 2.24) is 0 Å². The van der Waals surface area contributed by atoms with Crippen LogP contribution in [0.2, 0.25) is 0 Å². The number of nitrogen functional groups attached to an aromatic ring is 2. The first-order valence-electron chi connectivity index (χ1n) is 5.84. The van der Waals surface area contributed by atoms with Gasteiger partial charge >= 0.3 is 0 Å². The molecule has 0 radical (unpaired) electrons. The van der Waals surface area contributed by atoms with Crippen molar-refractivity contribution < 1.29 is 0 Å². The quantitative estimate of drug-likeness (QED) is 0.768. The van der Waals surface area contributed by atoms with Gasteiger partial charge in [0.15, 0.2) is 0 Å². The molecule has 0 aliphatic heterocycles. The van der Waals surface area contributed by atoms with E-state index in [1.807, 2.05) is 36.4 Å². The lowest BCUT2D eigenvalue weighted by molar-refractivity contribution is 0.870. The summed E-state index contributed by atoms with van der Waals surface area (Å²) in [6.07, 6.45) is 0. The van der Waals surface area contributed by atoms with Crippen LogP contribution in [0, 0.1) is 0 Å². The predicted octanol–water partition coefficient (Wildman–Crippen LogP) is 3.64. The van der Waals surface area contributed by atoms with Gasteiger partial charge < -0.3 is 11.5 Å². The SMILES string of the molecule is CC(C)c1cccc(-c2cccc(N)c2)c1N. The van der Waals surface area contributed by atoms with Crippen LogP contribution in [0.3, 0.4) is 0 Å². The van der Waals surface area contributed by atoms with Gasteiger partial charge in [-0.3, -0.25) is 0 Å². The molecule has 2 nitrogen and oxygen atoms in total. The van der Waals surface area contributed by atoms with Gasteiger partial charge in [-0.2, -0.15) is 0 Å². The largest absolute Gasteiger partial charge is 0.399 e. The smallest absolute Gasteiger partial charge is 0.0428 e. The summed E-state index contributed by atoms with van der Waals surface area (Å²) >= 11 is 0. The van der Waals surface area contributed by atoms with Gasteiger partial charge in [-0.25, -0.2) is 0 Å². The van der Waals surface area contributed by atoms with Crippen molar-refractivity contribution in [2.75, 3.05) is 11.5 Å². The number of benzene rings is 2. The number of anilines is 2. The summed E-state index contributed by atoms with van der Waals surface area (Å²) in [6, 6.07) is 14.0. The first-order valence-corrected chi connectivity index (χ1v) is 5.84. The molecule has 0 heterocycles. The van der Waals surface area contributed by atoms with Crippen LogP contribution in [0.15, 0.2) is 42.5 Å². The van der Waals surface area contributed by atoms with E-state index in [9.17, 15) is 0 Å². The summed E-state index contributed by atoms with van der Waals surface area (Å²) in [5.41, 5.74) is 17.0. The molecular weight excluding hydrogens is 208 g/mol. The molecule has 2 rings (SSSR count). The maximum atomic E-state index is 6.23. The van der Waals surface area contributed by atoms with Crippen molar-refractivity contribution in [3.8, 4) is 11.1 Å². The third-order valence-corrected chi connectivity index (χ3v) is 2.96. The van der Waals surface area contributed by atoms with Gasteiger partial charge in [-0.15, -0.1) is 0 Å². The Kier molecular flexibility index (Phi) is 3.05. The first kappa shape index (κ1) is 11.5. The van der Waals surface area contributed by atoms with E-state index in [-0.39, 0.29) is 0 Å². The highest BCUT2D eigenvalue weighted by Gasteiger charge is 2.09. The van der Waals surface area contributed by atoms with E-state index >= 15 is 0 Å². The zero-order valence-corrected chi connectivity index (χ0v) is 10.3. The van der Waals surface area contributed by atoms with Gasteiger partial charge in [0.2, 0.25) is 0 Å². The number of hydrogen-bond acceptors (Lipinski definition) is 2. The van der Waals surface area contributed by atoms with Crippen LogP contribution in [-0.2, 0) is 0 Å². The lowest BCUT2D eigenvalue weighted by atomic mass is 9.94. The standard InChI is InChI=1S/C15H18N2/c1-10(2)13-7-4-8-14(15(13)17)11-5-3-6-12(16)9-11/h3-10H,16-17H2,1-2H3. The van der Waals surface area contributed by atoms with Crippen molar-refractivity contribution in [3.05, 3.63) is 48.0 Å². The van der Waals surface area contributed by atoms with Crippen LogP contribution in [-0.4, -0.2) is 0 Å². The van der Waals surface area contributed by atoms with Crippen molar-refractivity contribution in [3.63, 3.8) is 0 Å². The molecule has 2 heteroatoms. The molecule has 0 fully saturated rings. The van der Waals surface area contributed by atoms with Crippen LogP contribution >= 0.6 is 0 Å². The van der Waals surface area contributed by atoms with Crippen molar-refractivity contribution in [2.24, 2.45) is 0 Å². The van der Waals surface area contributed by atoms with Crippen LogP contribution in [0.5, 0.6) is 0 Å². The average Bonchev–Trinajstić information content (AvgIpc) is 2.29. The summed E-state index contributed by atoms with van der Waals surface area (Å²) in [4.78, 5) is 0. The van der Waals surface area contributed by atoms with Crippen LogP contribution in [0.1, 0.15) is 25.3 Å². The van der Waals surface area contributed by atoms with Crippen LogP contribution in [0.4, 0.5) is 11.4 Å². The summed E-state index contributed by atoms with van der Waals surface area (Å²) < 4.78 is 0. The van der Waals surface area contributed by atoms with E-state index < -0.39 is 0 Å².